The minimum absolute atomic E-state index is 0.0785. The van der Waals surface area contributed by atoms with Crippen molar-refractivity contribution in [1.29, 1.82) is 0 Å². The fourth-order valence-corrected chi connectivity index (χ4v) is 2.25. The van der Waals surface area contributed by atoms with E-state index < -0.39 is 17.5 Å². The summed E-state index contributed by atoms with van der Waals surface area (Å²) in [4.78, 5) is 12.3. The highest BCUT2D eigenvalue weighted by Gasteiger charge is 2.18. The van der Waals surface area contributed by atoms with Crippen LogP contribution in [0, 0.1) is 17.5 Å². The number of rotatable bonds is 3. The van der Waals surface area contributed by atoms with Gasteiger partial charge in [0.2, 0.25) is 0 Å². The highest BCUT2D eigenvalue weighted by molar-refractivity contribution is 5.79. The van der Waals surface area contributed by atoms with Crippen molar-refractivity contribution in [1.82, 2.24) is 15.0 Å². The van der Waals surface area contributed by atoms with Gasteiger partial charge in [-0.05, 0) is 36.5 Å². The van der Waals surface area contributed by atoms with E-state index in [1.54, 1.807) is 18.2 Å². The molecule has 1 aromatic carbocycles. The van der Waals surface area contributed by atoms with Crippen LogP contribution in [0.15, 0.2) is 48.9 Å². The Balaban J connectivity index is 2.22. The first-order valence-electron chi connectivity index (χ1n) is 6.92. The number of aromatic nitrogens is 3. The van der Waals surface area contributed by atoms with Gasteiger partial charge in [-0.25, -0.2) is 23.1 Å². The van der Waals surface area contributed by atoms with Crippen LogP contribution >= 0.6 is 0 Å². The van der Waals surface area contributed by atoms with E-state index in [2.05, 4.69) is 15.0 Å². The molecule has 0 saturated carbocycles. The van der Waals surface area contributed by atoms with Gasteiger partial charge in [0.15, 0.2) is 17.5 Å². The molecule has 0 spiro atoms. The van der Waals surface area contributed by atoms with Gasteiger partial charge in [-0.1, -0.05) is 0 Å². The van der Waals surface area contributed by atoms with Crippen LogP contribution in [0.1, 0.15) is 5.82 Å². The molecule has 0 aliphatic carbocycles. The lowest BCUT2D eigenvalue weighted by atomic mass is 10.0. The molecule has 0 unspecified atom stereocenters. The lowest BCUT2D eigenvalue weighted by Gasteiger charge is -2.10. The molecule has 0 radical (unpaired) electrons. The van der Waals surface area contributed by atoms with Crippen LogP contribution in [0.3, 0.4) is 0 Å². The minimum atomic E-state index is -1.28. The van der Waals surface area contributed by atoms with Crippen LogP contribution in [0.25, 0.3) is 28.6 Å². The smallest absolute Gasteiger partial charge is 0.168 e. The van der Waals surface area contributed by atoms with Gasteiger partial charge in [0.05, 0.1) is 11.4 Å². The Hall–Kier alpha value is -3.22. The Morgan fingerprint density at radius 2 is 1.79 bits per heavy atom. The van der Waals surface area contributed by atoms with Crippen molar-refractivity contribution in [3.8, 4) is 22.5 Å². The van der Waals surface area contributed by atoms with Crippen LogP contribution in [0.2, 0.25) is 0 Å². The molecular weight excluding hydrogens is 317 g/mol. The molecule has 3 rings (SSSR count). The summed E-state index contributed by atoms with van der Waals surface area (Å²) in [7, 11) is 0. The number of nitrogens with two attached hydrogens (primary N) is 1. The third-order valence-electron chi connectivity index (χ3n) is 3.25. The molecule has 0 bridgehead atoms. The normalized spacial score (nSPS) is 11.1. The van der Waals surface area contributed by atoms with Crippen LogP contribution in [0.4, 0.5) is 13.2 Å². The van der Waals surface area contributed by atoms with Gasteiger partial charge in [0.1, 0.15) is 5.82 Å². The molecule has 0 aliphatic heterocycles. The SMILES string of the molecule is NC=Cc1nccc(-c2cccnc2-c2cc(F)cc(F)c2F)n1. The van der Waals surface area contributed by atoms with Gasteiger partial charge in [-0.15, -0.1) is 0 Å². The highest BCUT2D eigenvalue weighted by Crippen LogP contribution is 2.32. The summed E-state index contributed by atoms with van der Waals surface area (Å²) < 4.78 is 41.2. The predicted molar refractivity (Wildman–Crippen MR) is 83.8 cm³/mol. The largest absolute Gasteiger partial charge is 0.404 e. The van der Waals surface area contributed by atoms with Crippen molar-refractivity contribution in [3.63, 3.8) is 0 Å². The van der Waals surface area contributed by atoms with Crippen molar-refractivity contribution in [3.05, 3.63) is 72.2 Å². The first-order chi connectivity index (χ1) is 11.6. The average Bonchev–Trinajstić information content (AvgIpc) is 2.59. The Bertz CT molecular complexity index is 925. The molecule has 24 heavy (non-hydrogen) atoms. The van der Waals surface area contributed by atoms with Crippen LogP contribution in [0.5, 0.6) is 0 Å². The molecule has 0 aliphatic rings. The summed E-state index contributed by atoms with van der Waals surface area (Å²) in [5, 5.41) is 0. The van der Waals surface area contributed by atoms with E-state index >= 15 is 0 Å². The molecule has 0 fully saturated rings. The van der Waals surface area contributed by atoms with Crippen molar-refractivity contribution in [2.24, 2.45) is 5.73 Å². The molecular formula is C17H11F3N4. The number of halogens is 3. The molecule has 0 atom stereocenters. The molecule has 2 heterocycles. The Morgan fingerprint density at radius 1 is 0.958 bits per heavy atom. The number of hydrogen-bond donors (Lipinski definition) is 1. The van der Waals surface area contributed by atoms with Gasteiger partial charge >= 0.3 is 0 Å². The third kappa shape index (κ3) is 2.96. The van der Waals surface area contributed by atoms with Crippen LogP contribution in [-0.2, 0) is 0 Å². The summed E-state index contributed by atoms with van der Waals surface area (Å²) in [5.41, 5.74) is 5.95. The van der Waals surface area contributed by atoms with Gasteiger partial charge < -0.3 is 5.73 Å². The second kappa shape index (κ2) is 6.49. The second-order valence-corrected chi connectivity index (χ2v) is 4.81. The van der Waals surface area contributed by atoms with Crippen LogP contribution < -0.4 is 5.73 Å². The molecule has 4 nitrogen and oxygen atoms in total. The van der Waals surface area contributed by atoms with E-state index in [1.165, 1.54) is 24.7 Å². The van der Waals surface area contributed by atoms with Gasteiger partial charge in [0.25, 0.3) is 0 Å². The summed E-state index contributed by atoms with van der Waals surface area (Å²) in [6.45, 7) is 0. The van der Waals surface area contributed by atoms with E-state index in [4.69, 9.17) is 5.73 Å². The first-order valence-corrected chi connectivity index (χ1v) is 6.92. The van der Waals surface area contributed by atoms with Crippen LogP contribution in [-0.4, -0.2) is 15.0 Å². The Kier molecular flexibility index (Phi) is 4.24. The summed E-state index contributed by atoms with van der Waals surface area (Å²) in [5.74, 6) is -3.01. The lowest BCUT2D eigenvalue weighted by Crippen LogP contribution is -1.98. The van der Waals surface area contributed by atoms with Crippen molar-refractivity contribution in [2.45, 2.75) is 0 Å². The fourth-order valence-electron chi connectivity index (χ4n) is 2.25. The van der Waals surface area contributed by atoms with E-state index in [0.717, 1.165) is 6.07 Å². The minimum Gasteiger partial charge on any atom is -0.404 e. The van der Waals surface area contributed by atoms with Gasteiger partial charge in [-0.3, -0.25) is 4.98 Å². The molecule has 7 heteroatoms. The summed E-state index contributed by atoms with van der Waals surface area (Å²) >= 11 is 0. The average molecular weight is 328 g/mol. The van der Waals surface area contributed by atoms with Crippen molar-refractivity contribution >= 4 is 6.08 Å². The number of pyridine rings is 1. The fraction of sp³-hybridized carbons (Fsp3) is 0. The maximum absolute atomic E-state index is 14.1. The van der Waals surface area contributed by atoms with Crippen molar-refractivity contribution in [2.75, 3.05) is 0 Å². The molecule has 120 valence electrons. The number of hydrogen-bond acceptors (Lipinski definition) is 4. The number of nitrogens with zero attached hydrogens (tertiary/aromatic N) is 3. The molecule has 3 aromatic rings. The first kappa shape index (κ1) is 15.7. The monoisotopic (exact) mass is 328 g/mol. The third-order valence-corrected chi connectivity index (χ3v) is 3.25. The maximum atomic E-state index is 14.1. The quantitative estimate of drug-likeness (QED) is 0.747. The Morgan fingerprint density at radius 3 is 2.58 bits per heavy atom. The van der Waals surface area contributed by atoms with E-state index in [-0.39, 0.29) is 11.3 Å². The van der Waals surface area contributed by atoms with Gasteiger partial charge in [0, 0.05) is 29.6 Å². The zero-order valence-electron chi connectivity index (χ0n) is 12.2. The standard InChI is InChI=1S/C17H11F3N4/c18-10-8-12(16(20)13(19)9-10)17-11(2-1-6-23-17)14-4-7-22-15(24-14)3-5-21/h1-9H,21H2. The van der Waals surface area contributed by atoms with Crippen molar-refractivity contribution < 1.29 is 13.2 Å². The molecule has 0 amide bonds. The van der Waals surface area contributed by atoms with E-state index in [1.807, 2.05) is 0 Å². The number of benzene rings is 1. The zero-order chi connectivity index (χ0) is 17.1. The zero-order valence-corrected chi connectivity index (χ0v) is 12.2. The molecule has 2 aromatic heterocycles. The van der Waals surface area contributed by atoms with E-state index in [0.29, 0.717) is 23.1 Å². The topological polar surface area (TPSA) is 64.7 Å². The predicted octanol–water partition coefficient (Wildman–Crippen LogP) is 3.55. The highest BCUT2D eigenvalue weighted by atomic mass is 19.2. The molecule has 0 saturated heterocycles. The van der Waals surface area contributed by atoms with Gasteiger partial charge in [-0.2, -0.15) is 0 Å². The maximum Gasteiger partial charge on any atom is 0.168 e. The lowest BCUT2D eigenvalue weighted by molar-refractivity contribution is 0.497. The summed E-state index contributed by atoms with van der Waals surface area (Å²) in [6, 6.07) is 6.21. The molecule has 2 N–H and O–H groups in total. The van der Waals surface area contributed by atoms with E-state index in [9.17, 15) is 13.2 Å². The summed E-state index contributed by atoms with van der Waals surface area (Å²) in [6.07, 6.45) is 5.67. The second-order valence-electron chi connectivity index (χ2n) is 4.81. The Labute approximate surface area is 135 Å².